The maximum absolute atomic E-state index is 12.5. The Morgan fingerprint density at radius 1 is 1.12 bits per heavy atom. The highest BCUT2D eigenvalue weighted by molar-refractivity contribution is 5.91. The van der Waals surface area contributed by atoms with Gasteiger partial charge in [-0.1, -0.05) is 13.8 Å². The molecule has 0 bridgehead atoms. The predicted octanol–water partition coefficient (Wildman–Crippen LogP) is -0.164. The van der Waals surface area contributed by atoms with Crippen molar-refractivity contribution in [1.82, 2.24) is 0 Å². The van der Waals surface area contributed by atoms with Crippen molar-refractivity contribution in [3.8, 4) is 0 Å². The number of hydrogen-bond donors (Lipinski definition) is 5. The van der Waals surface area contributed by atoms with E-state index in [1.807, 2.05) is 0 Å². The molecule has 9 heteroatoms. The lowest BCUT2D eigenvalue weighted by Gasteiger charge is -2.36. The van der Waals surface area contributed by atoms with E-state index in [-0.39, 0.29) is 22.4 Å². The van der Waals surface area contributed by atoms with Crippen LogP contribution in [0.2, 0.25) is 0 Å². The van der Waals surface area contributed by atoms with Gasteiger partial charge in [0.05, 0.1) is 17.2 Å². The van der Waals surface area contributed by atoms with Gasteiger partial charge in [-0.25, -0.2) is 15.2 Å². The van der Waals surface area contributed by atoms with Crippen LogP contribution in [-0.4, -0.2) is 33.2 Å². The van der Waals surface area contributed by atoms with E-state index in [9.17, 15) is 20.3 Å². The van der Waals surface area contributed by atoms with Crippen molar-refractivity contribution in [3.05, 3.63) is 34.2 Å². The minimum absolute atomic E-state index is 0.102. The molecule has 1 aromatic carbocycles. The van der Waals surface area contributed by atoms with Crippen LogP contribution in [0, 0.1) is 27.7 Å². The molecular weight excluding hydrogens is 344 g/mol. The molecule has 0 aliphatic heterocycles. The van der Waals surface area contributed by atoms with Crippen LogP contribution in [0.3, 0.4) is 0 Å². The van der Waals surface area contributed by atoms with E-state index in [2.05, 4.69) is 13.8 Å². The van der Waals surface area contributed by atoms with Crippen LogP contribution in [0.25, 0.3) is 0 Å². The van der Waals surface area contributed by atoms with E-state index in [0.717, 1.165) is 18.2 Å². The van der Waals surface area contributed by atoms with Crippen LogP contribution in [0.4, 0.5) is 11.4 Å². The summed E-state index contributed by atoms with van der Waals surface area (Å²) in [5.41, 5.74) is -1.85. The Balaban J connectivity index is 1.81. The Hall–Kier alpha value is -1.59. The van der Waals surface area contributed by atoms with Crippen LogP contribution >= 0.6 is 0 Å². The summed E-state index contributed by atoms with van der Waals surface area (Å²) in [6.45, 7) is 5.88. The predicted molar refractivity (Wildman–Crippen MR) is 87.8 cm³/mol. The van der Waals surface area contributed by atoms with E-state index in [1.54, 1.807) is 6.92 Å². The summed E-state index contributed by atoms with van der Waals surface area (Å²) in [4.78, 5) is 12.5. The first-order valence-corrected chi connectivity index (χ1v) is 8.48. The minimum atomic E-state index is -1.34. The number of carbonyl (C=O) groups is 1. The highest BCUT2D eigenvalue weighted by Crippen LogP contribution is 2.66. The zero-order chi connectivity index (χ0) is 19.4. The van der Waals surface area contributed by atoms with Gasteiger partial charge in [0.25, 0.3) is 0 Å². The molecule has 26 heavy (non-hydrogen) atoms. The smallest absolute Gasteiger partial charge is 0.338 e. The van der Waals surface area contributed by atoms with Crippen molar-refractivity contribution < 1.29 is 35.5 Å². The average molecular weight is 368 g/mol. The first-order valence-electron chi connectivity index (χ1n) is 8.48. The number of rotatable bonds is 4. The van der Waals surface area contributed by atoms with Gasteiger partial charge in [-0.3, -0.25) is 0 Å². The van der Waals surface area contributed by atoms with Crippen molar-refractivity contribution in [1.29, 1.82) is 0 Å². The van der Waals surface area contributed by atoms with Gasteiger partial charge in [-0.2, -0.15) is 10.5 Å². The Morgan fingerprint density at radius 3 is 2.15 bits per heavy atom. The number of carbonyl (C=O) groups excluding carboxylic acids is 1. The fourth-order valence-electron chi connectivity index (χ4n) is 4.16. The molecule has 2 aliphatic rings. The summed E-state index contributed by atoms with van der Waals surface area (Å²) in [5.74, 6) is -0.0837. The lowest BCUT2D eigenvalue weighted by atomic mass is 9.83. The summed E-state index contributed by atoms with van der Waals surface area (Å²) in [6, 6.07) is 3.15. The maximum Gasteiger partial charge on any atom is 0.338 e. The molecule has 5 N–H and O–H groups in total. The molecule has 2 saturated carbocycles. The number of fused-ring (bicyclic) bond motifs is 1. The second-order valence-electron chi connectivity index (χ2n) is 8.13. The first-order chi connectivity index (χ1) is 11.9. The van der Waals surface area contributed by atoms with Gasteiger partial charge in [-0.05, 0) is 37.0 Å². The summed E-state index contributed by atoms with van der Waals surface area (Å²) in [7, 11) is 0. The Labute approximate surface area is 150 Å². The molecular formula is C17H24N2O7. The monoisotopic (exact) mass is 368 g/mol. The Bertz CT molecular complexity index is 691. The fraction of sp³-hybridized carbons (Fsp3) is 0.588. The molecule has 144 valence electrons. The van der Waals surface area contributed by atoms with Crippen molar-refractivity contribution in [2.75, 3.05) is 0 Å². The van der Waals surface area contributed by atoms with Gasteiger partial charge in [0.1, 0.15) is 6.10 Å². The third-order valence-electron chi connectivity index (χ3n) is 5.99. The van der Waals surface area contributed by atoms with Crippen molar-refractivity contribution in [3.63, 3.8) is 0 Å². The zero-order valence-corrected chi connectivity index (χ0v) is 14.9. The van der Waals surface area contributed by atoms with Crippen LogP contribution < -0.4 is 10.5 Å². The Kier molecular flexibility index (Phi) is 4.60. The summed E-state index contributed by atoms with van der Waals surface area (Å²) < 4.78 is 5.48. The number of hydrogen-bond acceptors (Lipinski definition) is 7. The summed E-state index contributed by atoms with van der Waals surface area (Å²) in [5, 5.41) is 48.6. The molecule has 2 fully saturated rings. The minimum Gasteiger partial charge on any atom is -0.595 e. The maximum atomic E-state index is 12.5. The summed E-state index contributed by atoms with van der Waals surface area (Å²) >= 11 is 0. The highest BCUT2D eigenvalue weighted by Gasteiger charge is 2.64. The molecule has 0 heterocycles. The van der Waals surface area contributed by atoms with Gasteiger partial charge in [0.15, 0.2) is 11.4 Å². The van der Waals surface area contributed by atoms with Crippen LogP contribution in [-0.2, 0) is 4.74 Å². The second kappa shape index (κ2) is 6.24. The quantitative estimate of drug-likeness (QED) is 0.367. The van der Waals surface area contributed by atoms with E-state index in [1.165, 1.54) is 0 Å². The number of nitrogens with one attached hydrogen (secondary N) is 2. The fourth-order valence-corrected chi connectivity index (χ4v) is 4.16. The number of aliphatic hydroxyl groups is 1. The number of quaternary nitrogens is 2. The van der Waals surface area contributed by atoms with Crippen LogP contribution in [0.5, 0.6) is 0 Å². The molecule has 0 saturated heterocycles. The second-order valence-corrected chi connectivity index (χ2v) is 8.13. The van der Waals surface area contributed by atoms with Gasteiger partial charge in [0.2, 0.25) is 0 Å². The molecule has 0 radical (unpaired) electrons. The molecule has 9 nitrogen and oxygen atoms in total. The van der Waals surface area contributed by atoms with E-state index >= 15 is 0 Å². The first kappa shape index (κ1) is 19.2. The van der Waals surface area contributed by atoms with Crippen molar-refractivity contribution >= 4 is 17.3 Å². The molecule has 0 spiro atoms. The summed E-state index contributed by atoms with van der Waals surface area (Å²) in [6.07, 6.45) is 0.332. The SMILES string of the molecule is CC1(C)[C@@H]2C[C@@H](OC(=O)c3cc([NH+]([O-])O)cc([NH+]([O-])O)c3)[C@@](C)(O)C[C@H]21. The number of ether oxygens (including phenoxy) is 1. The molecule has 0 amide bonds. The average Bonchev–Trinajstić information content (AvgIpc) is 3.05. The highest BCUT2D eigenvalue weighted by atomic mass is 16.8. The molecule has 6 atom stereocenters. The molecule has 2 unspecified atom stereocenters. The number of esters is 1. The van der Waals surface area contributed by atoms with E-state index < -0.39 is 28.1 Å². The molecule has 3 rings (SSSR count). The third-order valence-corrected chi connectivity index (χ3v) is 5.99. The van der Waals surface area contributed by atoms with Crippen LogP contribution in [0.1, 0.15) is 44.0 Å². The van der Waals surface area contributed by atoms with E-state index in [0.29, 0.717) is 24.7 Å². The van der Waals surface area contributed by atoms with Gasteiger partial charge in [0, 0.05) is 12.1 Å². The molecule has 1 aromatic rings. The zero-order valence-electron chi connectivity index (χ0n) is 14.9. The lowest BCUT2D eigenvalue weighted by Crippen LogP contribution is -3.00. The largest absolute Gasteiger partial charge is 0.595 e. The van der Waals surface area contributed by atoms with Crippen molar-refractivity contribution in [2.24, 2.45) is 17.3 Å². The third kappa shape index (κ3) is 3.35. The van der Waals surface area contributed by atoms with Crippen LogP contribution in [0.15, 0.2) is 18.2 Å². The topological polar surface area (TPSA) is 142 Å². The van der Waals surface area contributed by atoms with E-state index in [4.69, 9.17) is 15.2 Å². The molecule has 2 aliphatic carbocycles. The Morgan fingerprint density at radius 2 is 1.65 bits per heavy atom. The standard InChI is InChI=1S/C17H24N2O7/c1-16(2)12-7-14(17(3,21)8-13(12)16)26-15(20)9-4-10(18(22)23)6-11(5-9)19(24)25/h4-6,12-14,18-19,21-22,24H,7-8H2,1-3H3/t12-,13-,14-,17+/m1/s1. The van der Waals surface area contributed by atoms with Gasteiger partial charge >= 0.3 is 5.97 Å². The normalized spacial score (nSPS) is 34.5. The van der Waals surface area contributed by atoms with Crippen molar-refractivity contribution in [2.45, 2.75) is 45.3 Å². The van der Waals surface area contributed by atoms with Gasteiger partial charge in [-0.15, -0.1) is 0 Å². The lowest BCUT2D eigenvalue weighted by molar-refractivity contribution is -0.996. The van der Waals surface area contributed by atoms with Gasteiger partial charge < -0.3 is 20.3 Å². The molecule has 0 aromatic heterocycles. The number of benzene rings is 1.